The Hall–Kier alpha value is -3.41. The van der Waals surface area contributed by atoms with E-state index in [4.69, 9.17) is 4.74 Å². The molecule has 4 atom stereocenters. The van der Waals surface area contributed by atoms with Crippen molar-refractivity contribution >= 4 is 28.9 Å². The van der Waals surface area contributed by atoms with E-state index in [9.17, 15) is 14.4 Å². The number of carbonyl (C=O) groups is 3. The molecule has 0 radical (unpaired) electrons. The maximum absolute atomic E-state index is 13.7. The van der Waals surface area contributed by atoms with Gasteiger partial charge in [-0.3, -0.25) is 19.7 Å². The second kappa shape index (κ2) is 6.55. The number of anilines is 1. The molecule has 2 aromatic rings. The zero-order chi connectivity index (χ0) is 21.2. The molecule has 3 heterocycles. The first kappa shape index (κ1) is 18.6. The van der Waals surface area contributed by atoms with E-state index >= 15 is 0 Å². The first-order chi connectivity index (χ1) is 14.4. The Morgan fingerprint density at radius 1 is 1.03 bits per heavy atom. The molecule has 0 spiro atoms. The number of carbonyl (C=O) groups excluding carboxylic acids is 3. The van der Waals surface area contributed by atoms with E-state index in [1.54, 1.807) is 31.4 Å². The molecule has 2 amide bonds. The zero-order valence-electron chi connectivity index (χ0n) is 17.0. The average molecular weight is 402 g/mol. The normalized spacial score (nSPS) is 26.5. The smallest absolute Gasteiger partial charge is 0.233 e. The van der Waals surface area contributed by atoms with Crippen LogP contribution in [-0.2, 0) is 9.59 Å². The van der Waals surface area contributed by atoms with Gasteiger partial charge in [0.25, 0.3) is 0 Å². The standard InChI is InChI=1S/C24H22N2O4/c1-12-7-8-17-16(9-12)13(2)10-18-19-20(24(29)25-23(19)28)21(26(17)18)22(27)14-5-4-6-15(11-14)30-3/h4-11,18-21H,1-3H3,(H,25,28,29)/t18?,19-,20-,21?/m1/s1. The number of nitrogens with one attached hydrogen (secondary N) is 1. The molecule has 3 aliphatic heterocycles. The zero-order valence-corrected chi connectivity index (χ0v) is 17.0. The quantitative estimate of drug-likeness (QED) is 0.631. The van der Waals surface area contributed by atoms with Crippen molar-refractivity contribution in [2.75, 3.05) is 12.0 Å². The number of amides is 2. The van der Waals surface area contributed by atoms with Crippen LogP contribution in [0, 0.1) is 18.8 Å². The van der Waals surface area contributed by atoms with Crippen molar-refractivity contribution in [1.82, 2.24) is 5.32 Å². The van der Waals surface area contributed by atoms with Crippen LogP contribution in [0.1, 0.15) is 28.4 Å². The molecule has 2 saturated heterocycles. The van der Waals surface area contributed by atoms with Gasteiger partial charge in [0.1, 0.15) is 11.8 Å². The molecule has 0 aromatic heterocycles. The minimum atomic E-state index is -0.760. The Kier molecular flexibility index (Phi) is 4.07. The van der Waals surface area contributed by atoms with Crippen molar-refractivity contribution in [1.29, 1.82) is 0 Å². The van der Waals surface area contributed by atoms with Gasteiger partial charge < -0.3 is 9.64 Å². The fraction of sp³-hybridized carbons (Fsp3) is 0.292. The molecule has 152 valence electrons. The van der Waals surface area contributed by atoms with Gasteiger partial charge in [0.05, 0.1) is 25.0 Å². The first-order valence-corrected chi connectivity index (χ1v) is 10.0. The summed E-state index contributed by atoms with van der Waals surface area (Å²) in [5.41, 5.74) is 4.55. The van der Waals surface area contributed by atoms with Crippen molar-refractivity contribution in [2.45, 2.75) is 25.9 Å². The number of allylic oxidation sites excluding steroid dienone is 1. The lowest BCUT2D eigenvalue weighted by Crippen LogP contribution is -2.48. The molecule has 6 heteroatoms. The van der Waals surface area contributed by atoms with Crippen LogP contribution in [0.25, 0.3) is 5.57 Å². The van der Waals surface area contributed by atoms with Crippen molar-refractivity contribution in [3.05, 3.63) is 65.2 Å². The van der Waals surface area contributed by atoms with Crippen LogP contribution in [0.5, 0.6) is 5.75 Å². The fourth-order valence-electron chi connectivity index (χ4n) is 5.12. The van der Waals surface area contributed by atoms with Crippen LogP contribution in [0.15, 0.2) is 48.5 Å². The highest BCUT2D eigenvalue weighted by Crippen LogP contribution is 2.48. The number of imide groups is 1. The summed E-state index contributed by atoms with van der Waals surface area (Å²) in [4.78, 5) is 41.1. The van der Waals surface area contributed by atoms with Gasteiger partial charge in [-0.1, -0.05) is 29.8 Å². The SMILES string of the molecule is COc1cccc(C(=O)C2[C@@H]3C(=O)NC(=O)[C@@H]3C3C=C(C)c4cc(C)ccc4N32)c1. The summed E-state index contributed by atoms with van der Waals surface area (Å²) in [6.45, 7) is 4.03. The largest absolute Gasteiger partial charge is 0.497 e. The Labute approximate surface area is 174 Å². The minimum absolute atomic E-state index is 0.185. The number of hydrogen-bond acceptors (Lipinski definition) is 5. The lowest BCUT2D eigenvalue weighted by Gasteiger charge is -2.37. The van der Waals surface area contributed by atoms with Crippen molar-refractivity contribution < 1.29 is 19.1 Å². The Balaban J connectivity index is 1.68. The van der Waals surface area contributed by atoms with E-state index in [1.807, 2.05) is 37.0 Å². The number of benzene rings is 2. The van der Waals surface area contributed by atoms with Gasteiger partial charge in [0.2, 0.25) is 11.8 Å². The van der Waals surface area contributed by atoms with Gasteiger partial charge in [0.15, 0.2) is 5.78 Å². The highest BCUT2D eigenvalue weighted by molar-refractivity contribution is 6.14. The molecule has 1 N–H and O–H groups in total. The number of fused-ring (bicyclic) bond motifs is 5. The fourth-order valence-corrected chi connectivity index (χ4v) is 5.12. The lowest BCUT2D eigenvalue weighted by molar-refractivity contribution is -0.126. The van der Waals surface area contributed by atoms with E-state index in [2.05, 4.69) is 11.4 Å². The minimum Gasteiger partial charge on any atom is -0.497 e. The van der Waals surface area contributed by atoms with Crippen molar-refractivity contribution in [3.63, 3.8) is 0 Å². The van der Waals surface area contributed by atoms with Crippen LogP contribution < -0.4 is 15.0 Å². The maximum Gasteiger partial charge on any atom is 0.233 e. The summed E-state index contributed by atoms with van der Waals surface area (Å²) < 4.78 is 5.27. The molecule has 2 unspecified atom stereocenters. The third kappa shape index (κ3) is 2.53. The predicted molar refractivity (Wildman–Crippen MR) is 112 cm³/mol. The number of ketones is 1. The number of rotatable bonds is 3. The molecular formula is C24H22N2O4. The number of Topliss-reactive ketones (excluding diaryl/α,β-unsaturated/α-hetero) is 1. The Bertz CT molecular complexity index is 1140. The average Bonchev–Trinajstić information content (AvgIpc) is 3.23. The third-order valence-electron chi connectivity index (χ3n) is 6.47. The van der Waals surface area contributed by atoms with E-state index in [0.717, 1.165) is 22.4 Å². The highest BCUT2D eigenvalue weighted by Gasteiger charge is 2.61. The molecule has 0 saturated carbocycles. The molecule has 0 bridgehead atoms. The van der Waals surface area contributed by atoms with E-state index in [0.29, 0.717) is 11.3 Å². The second-order valence-electron chi connectivity index (χ2n) is 8.21. The second-order valence-corrected chi connectivity index (χ2v) is 8.21. The molecule has 2 aromatic carbocycles. The molecule has 5 rings (SSSR count). The Morgan fingerprint density at radius 3 is 2.57 bits per heavy atom. The number of methoxy groups -OCH3 is 1. The molecule has 30 heavy (non-hydrogen) atoms. The van der Waals surface area contributed by atoms with Gasteiger partial charge in [-0.05, 0) is 43.7 Å². The summed E-state index contributed by atoms with van der Waals surface area (Å²) in [6.07, 6.45) is 2.02. The first-order valence-electron chi connectivity index (χ1n) is 10.0. The maximum atomic E-state index is 13.7. The van der Waals surface area contributed by atoms with Gasteiger partial charge in [-0.25, -0.2) is 0 Å². The third-order valence-corrected chi connectivity index (χ3v) is 6.47. The summed E-state index contributed by atoms with van der Waals surface area (Å²) in [5.74, 6) is -1.60. The summed E-state index contributed by atoms with van der Waals surface area (Å²) in [6, 6.07) is 11.9. The van der Waals surface area contributed by atoms with Crippen LogP contribution in [-0.4, -0.2) is 36.8 Å². The van der Waals surface area contributed by atoms with Crippen molar-refractivity contribution in [2.24, 2.45) is 11.8 Å². The van der Waals surface area contributed by atoms with Crippen molar-refractivity contribution in [3.8, 4) is 5.75 Å². The Morgan fingerprint density at radius 2 is 1.80 bits per heavy atom. The summed E-state index contributed by atoms with van der Waals surface area (Å²) in [7, 11) is 1.55. The van der Waals surface area contributed by atoms with Gasteiger partial charge >= 0.3 is 0 Å². The number of ether oxygens (including phenoxy) is 1. The summed E-state index contributed by atoms with van der Waals surface area (Å²) in [5, 5.41) is 2.45. The topological polar surface area (TPSA) is 75.7 Å². The molecule has 0 aliphatic carbocycles. The lowest BCUT2D eigenvalue weighted by atomic mass is 9.85. The monoisotopic (exact) mass is 402 g/mol. The van der Waals surface area contributed by atoms with Crippen LogP contribution in [0.4, 0.5) is 5.69 Å². The predicted octanol–water partition coefficient (Wildman–Crippen LogP) is 2.75. The van der Waals surface area contributed by atoms with Gasteiger partial charge in [0, 0.05) is 16.8 Å². The van der Waals surface area contributed by atoms with Gasteiger partial charge in [-0.15, -0.1) is 0 Å². The van der Waals surface area contributed by atoms with Crippen LogP contribution >= 0.6 is 0 Å². The van der Waals surface area contributed by atoms with Gasteiger partial charge in [-0.2, -0.15) is 0 Å². The highest BCUT2D eigenvalue weighted by atomic mass is 16.5. The van der Waals surface area contributed by atoms with E-state index < -0.39 is 17.9 Å². The molecule has 6 nitrogen and oxygen atoms in total. The van der Waals surface area contributed by atoms with Crippen LogP contribution in [0.3, 0.4) is 0 Å². The number of nitrogens with zero attached hydrogens (tertiary/aromatic N) is 1. The molecule has 3 aliphatic rings. The van der Waals surface area contributed by atoms with E-state index in [-0.39, 0.29) is 23.6 Å². The molecular weight excluding hydrogens is 380 g/mol. The number of aryl methyl sites for hydroxylation is 1. The van der Waals surface area contributed by atoms with Crippen LogP contribution in [0.2, 0.25) is 0 Å². The van der Waals surface area contributed by atoms with E-state index in [1.165, 1.54) is 0 Å². The summed E-state index contributed by atoms with van der Waals surface area (Å²) >= 11 is 0. The number of hydrogen-bond donors (Lipinski definition) is 1. The molecule has 2 fully saturated rings.